The zero-order valence-corrected chi connectivity index (χ0v) is 16.2. The monoisotopic (exact) mass is 411 g/mol. The highest BCUT2D eigenvalue weighted by molar-refractivity contribution is 7.92. The fraction of sp³-hybridized carbons (Fsp3) is 0.0909. The van der Waals surface area contributed by atoms with Gasteiger partial charge in [-0.2, -0.15) is 0 Å². The van der Waals surface area contributed by atoms with E-state index in [4.69, 9.17) is 0 Å². The molecule has 0 fully saturated rings. The molecule has 0 aliphatic heterocycles. The highest BCUT2D eigenvalue weighted by Crippen LogP contribution is 2.19. The Kier molecular flexibility index (Phi) is 6.19. The third-order valence-corrected chi connectivity index (χ3v) is 5.55. The lowest BCUT2D eigenvalue weighted by Gasteiger charge is -2.07. The normalized spacial score (nSPS) is 11.1. The van der Waals surface area contributed by atoms with Crippen LogP contribution < -0.4 is 5.32 Å². The van der Waals surface area contributed by atoms with E-state index in [1.165, 1.54) is 12.1 Å². The number of hydrogen-bond acceptors (Lipinski definition) is 4. The van der Waals surface area contributed by atoms with E-state index in [1.54, 1.807) is 24.3 Å². The second-order valence-electron chi connectivity index (χ2n) is 6.45. The van der Waals surface area contributed by atoms with Crippen LogP contribution in [0.4, 0.5) is 10.1 Å². The summed E-state index contributed by atoms with van der Waals surface area (Å²) in [7, 11) is -3.95. The molecule has 5 nitrogen and oxygen atoms in total. The highest BCUT2D eigenvalue weighted by atomic mass is 32.2. The lowest BCUT2D eigenvalue weighted by Crippen LogP contribution is -2.27. The average molecular weight is 411 g/mol. The van der Waals surface area contributed by atoms with Gasteiger partial charge in [0.2, 0.25) is 5.91 Å². The molecular formula is C22H18FNO4S. The molecule has 0 aliphatic carbocycles. The first-order chi connectivity index (χ1) is 13.8. The number of hydrogen-bond donors (Lipinski definition) is 1. The Bertz CT molecular complexity index is 1110. The number of ketones is 1. The molecule has 3 rings (SSSR count). The zero-order chi connectivity index (χ0) is 20.9. The minimum absolute atomic E-state index is 0.257. The number of carbonyl (C=O) groups is 2. The van der Waals surface area contributed by atoms with Gasteiger partial charge in [-0.25, -0.2) is 12.8 Å². The van der Waals surface area contributed by atoms with Crippen molar-refractivity contribution in [3.05, 3.63) is 90.2 Å². The summed E-state index contributed by atoms with van der Waals surface area (Å²) in [5, 5.41) is 2.37. The van der Waals surface area contributed by atoms with E-state index in [0.29, 0.717) is 0 Å². The summed E-state index contributed by atoms with van der Waals surface area (Å²) < 4.78 is 37.3. The Morgan fingerprint density at radius 3 is 1.97 bits per heavy atom. The standard InChI is InChI=1S/C22H18FNO4S/c23-19-10-12-20(13-11-19)24-22(26)15-29(27,28)14-21(25)18-8-6-17(7-9-18)16-4-2-1-3-5-16/h1-13H,14-15H2,(H,24,26). The fourth-order valence-corrected chi connectivity index (χ4v) is 3.88. The molecule has 3 aromatic carbocycles. The maximum atomic E-state index is 12.9. The molecule has 0 radical (unpaired) electrons. The quantitative estimate of drug-likeness (QED) is 0.601. The second-order valence-corrected chi connectivity index (χ2v) is 8.52. The van der Waals surface area contributed by atoms with E-state index < -0.39 is 38.9 Å². The van der Waals surface area contributed by atoms with Crippen LogP contribution >= 0.6 is 0 Å². The number of amides is 1. The predicted molar refractivity (Wildman–Crippen MR) is 110 cm³/mol. The minimum atomic E-state index is -3.95. The van der Waals surface area contributed by atoms with Crippen LogP contribution in [0, 0.1) is 5.82 Å². The van der Waals surface area contributed by atoms with E-state index in [1.807, 2.05) is 30.3 Å². The third kappa shape index (κ3) is 5.83. The first-order valence-electron chi connectivity index (χ1n) is 8.77. The van der Waals surface area contributed by atoms with Gasteiger partial charge in [0.05, 0.1) is 0 Å². The van der Waals surface area contributed by atoms with Gasteiger partial charge in [0, 0.05) is 11.3 Å². The molecule has 1 amide bonds. The van der Waals surface area contributed by atoms with Crippen molar-refractivity contribution in [2.24, 2.45) is 0 Å². The molecule has 0 aliphatic rings. The van der Waals surface area contributed by atoms with Crippen LogP contribution in [0.5, 0.6) is 0 Å². The van der Waals surface area contributed by atoms with E-state index in [0.717, 1.165) is 23.3 Å². The van der Waals surface area contributed by atoms with Crippen LogP contribution in [0.1, 0.15) is 10.4 Å². The Morgan fingerprint density at radius 2 is 1.34 bits per heavy atom. The summed E-state index contributed by atoms with van der Waals surface area (Å²) in [6, 6.07) is 21.1. The van der Waals surface area contributed by atoms with Crippen LogP contribution in [-0.4, -0.2) is 31.6 Å². The van der Waals surface area contributed by atoms with Gasteiger partial charge in [0.15, 0.2) is 15.6 Å². The lowest BCUT2D eigenvalue weighted by atomic mass is 10.0. The number of rotatable bonds is 7. The van der Waals surface area contributed by atoms with Crippen molar-refractivity contribution in [2.75, 3.05) is 16.8 Å². The Balaban J connectivity index is 1.61. The number of carbonyl (C=O) groups excluding carboxylic acids is 2. The van der Waals surface area contributed by atoms with Gasteiger partial charge in [0.1, 0.15) is 17.3 Å². The van der Waals surface area contributed by atoms with Crippen molar-refractivity contribution in [3.63, 3.8) is 0 Å². The van der Waals surface area contributed by atoms with Gasteiger partial charge < -0.3 is 5.32 Å². The maximum absolute atomic E-state index is 12.9. The van der Waals surface area contributed by atoms with Crippen molar-refractivity contribution < 1.29 is 22.4 Å². The van der Waals surface area contributed by atoms with Crippen molar-refractivity contribution in [3.8, 4) is 11.1 Å². The molecule has 1 N–H and O–H groups in total. The minimum Gasteiger partial charge on any atom is -0.325 e. The summed E-state index contributed by atoms with van der Waals surface area (Å²) in [4.78, 5) is 24.3. The second kappa shape index (κ2) is 8.79. The molecule has 7 heteroatoms. The van der Waals surface area contributed by atoms with E-state index in [9.17, 15) is 22.4 Å². The average Bonchev–Trinajstić information content (AvgIpc) is 2.69. The van der Waals surface area contributed by atoms with Crippen LogP contribution in [0.25, 0.3) is 11.1 Å². The molecule has 148 valence electrons. The topological polar surface area (TPSA) is 80.3 Å². The van der Waals surface area contributed by atoms with E-state index in [2.05, 4.69) is 5.32 Å². The number of nitrogens with one attached hydrogen (secondary N) is 1. The summed E-state index contributed by atoms with van der Waals surface area (Å²) in [5.41, 5.74) is 2.42. The van der Waals surface area contributed by atoms with Crippen molar-refractivity contribution >= 4 is 27.2 Å². The Morgan fingerprint density at radius 1 is 0.759 bits per heavy atom. The van der Waals surface area contributed by atoms with Crippen LogP contribution in [0.2, 0.25) is 0 Å². The smallest absolute Gasteiger partial charge is 0.239 e. The van der Waals surface area contributed by atoms with Gasteiger partial charge in [-0.3, -0.25) is 9.59 Å². The van der Waals surface area contributed by atoms with Gasteiger partial charge >= 0.3 is 0 Å². The van der Waals surface area contributed by atoms with Crippen molar-refractivity contribution in [2.45, 2.75) is 0 Å². The number of sulfone groups is 1. The lowest BCUT2D eigenvalue weighted by molar-refractivity contribution is -0.113. The van der Waals surface area contributed by atoms with E-state index >= 15 is 0 Å². The molecule has 3 aromatic rings. The Hall–Kier alpha value is -3.32. The van der Waals surface area contributed by atoms with Gasteiger partial charge in [0.25, 0.3) is 0 Å². The largest absolute Gasteiger partial charge is 0.325 e. The molecule has 0 heterocycles. The molecule has 0 atom stereocenters. The SMILES string of the molecule is O=C(CS(=O)(=O)CC(=O)c1ccc(-c2ccccc2)cc1)Nc1ccc(F)cc1. The van der Waals surface area contributed by atoms with Gasteiger partial charge in [-0.1, -0.05) is 54.6 Å². The van der Waals surface area contributed by atoms with E-state index in [-0.39, 0.29) is 11.3 Å². The molecule has 0 saturated carbocycles. The van der Waals surface area contributed by atoms with Crippen LogP contribution in [0.3, 0.4) is 0 Å². The van der Waals surface area contributed by atoms with Gasteiger partial charge in [-0.15, -0.1) is 0 Å². The summed E-state index contributed by atoms with van der Waals surface area (Å²) in [5.74, 6) is -3.45. The number of halogens is 1. The molecule has 29 heavy (non-hydrogen) atoms. The first-order valence-corrected chi connectivity index (χ1v) is 10.6. The van der Waals surface area contributed by atoms with Crippen molar-refractivity contribution in [1.29, 1.82) is 0 Å². The fourth-order valence-electron chi connectivity index (χ4n) is 2.74. The first kappa shape index (κ1) is 20.4. The summed E-state index contributed by atoms with van der Waals surface area (Å²) >= 11 is 0. The molecule has 0 spiro atoms. The van der Waals surface area contributed by atoms with Crippen LogP contribution in [-0.2, 0) is 14.6 Å². The van der Waals surface area contributed by atoms with Gasteiger partial charge in [-0.05, 0) is 35.4 Å². The molecule has 0 unspecified atom stereocenters. The Labute approximate surface area is 168 Å². The zero-order valence-electron chi connectivity index (χ0n) is 15.3. The maximum Gasteiger partial charge on any atom is 0.239 e. The van der Waals surface area contributed by atoms with Crippen molar-refractivity contribution in [1.82, 2.24) is 0 Å². The molecule has 0 aromatic heterocycles. The number of anilines is 1. The highest BCUT2D eigenvalue weighted by Gasteiger charge is 2.22. The predicted octanol–water partition coefficient (Wildman–Crippen LogP) is 3.73. The third-order valence-electron chi connectivity index (χ3n) is 4.14. The summed E-state index contributed by atoms with van der Waals surface area (Å²) in [6.07, 6.45) is 0. The molecule has 0 saturated heterocycles. The summed E-state index contributed by atoms with van der Waals surface area (Å²) in [6.45, 7) is 0. The van der Waals surface area contributed by atoms with Crippen LogP contribution in [0.15, 0.2) is 78.9 Å². The number of benzene rings is 3. The molecule has 0 bridgehead atoms. The number of Topliss-reactive ketones (excluding diaryl/α,β-unsaturated/α-hetero) is 1. The molecular weight excluding hydrogens is 393 g/mol.